The third-order valence-corrected chi connectivity index (χ3v) is 1.88. The molecule has 88 valence electrons. The third-order valence-electron chi connectivity index (χ3n) is 1.88. The lowest BCUT2D eigenvalue weighted by Gasteiger charge is -2.14. The van der Waals surface area contributed by atoms with E-state index in [1.54, 1.807) is 6.34 Å². The summed E-state index contributed by atoms with van der Waals surface area (Å²) in [6.07, 6.45) is 3.01. The molecule has 0 aliphatic rings. The molecule has 0 bridgehead atoms. The highest BCUT2D eigenvalue weighted by Gasteiger charge is 2.14. The summed E-state index contributed by atoms with van der Waals surface area (Å²) in [6.45, 7) is 4.24. The van der Waals surface area contributed by atoms with Crippen molar-refractivity contribution in [3.8, 4) is 0 Å². The number of carbonyl (C=O) groups is 1. The largest absolute Gasteiger partial charge is 0.469 e. The van der Waals surface area contributed by atoms with Crippen LogP contribution in [0.15, 0.2) is 4.99 Å². The Labute approximate surface area is 92.3 Å². The predicted molar refractivity (Wildman–Crippen MR) is 62.1 cm³/mol. The molecule has 1 atom stereocenters. The SMILES string of the molecule is COC(=O)CC(CC(C)C)N=CN(C)C. The van der Waals surface area contributed by atoms with E-state index in [2.05, 4.69) is 23.6 Å². The second-order valence-corrected chi connectivity index (χ2v) is 4.29. The van der Waals surface area contributed by atoms with Crippen LogP contribution < -0.4 is 0 Å². The summed E-state index contributed by atoms with van der Waals surface area (Å²) in [6, 6.07) is 0.0276. The Hall–Kier alpha value is -1.06. The molecule has 4 nitrogen and oxygen atoms in total. The summed E-state index contributed by atoms with van der Waals surface area (Å²) < 4.78 is 4.64. The minimum absolute atomic E-state index is 0.0276. The van der Waals surface area contributed by atoms with Gasteiger partial charge in [-0.2, -0.15) is 0 Å². The molecule has 0 radical (unpaired) electrons. The van der Waals surface area contributed by atoms with Crippen LogP contribution in [0.3, 0.4) is 0 Å². The zero-order valence-electron chi connectivity index (χ0n) is 10.4. The molecule has 0 aliphatic carbocycles. The predicted octanol–water partition coefficient (Wildman–Crippen LogP) is 1.55. The van der Waals surface area contributed by atoms with Gasteiger partial charge in [0.1, 0.15) is 0 Å². The molecule has 0 aromatic rings. The zero-order chi connectivity index (χ0) is 11.8. The quantitative estimate of drug-likeness (QED) is 0.383. The smallest absolute Gasteiger partial charge is 0.307 e. The van der Waals surface area contributed by atoms with Crippen molar-refractivity contribution < 1.29 is 9.53 Å². The molecule has 4 heteroatoms. The fourth-order valence-corrected chi connectivity index (χ4v) is 1.24. The molecule has 0 aromatic heterocycles. The van der Waals surface area contributed by atoms with E-state index in [-0.39, 0.29) is 12.0 Å². The van der Waals surface area contributed by atoms with Crippen LogP contribution >= 0.6 is 0 Å². The first kappa shape index (κ1) is 13.9. The Kier molecular flexibility index (Phi) is 6.75. The van der Waals surface area contributed by atoms with Crippen molar-refractivity contribution in [2.75, 3.05) is 21.2 Å². The van der Waals surface area contributed by atoms with Gasteiger partial charge in [0.25, 0.3) is 0 Å². The molecule has 1 unspecified atom stereocenters. The number of hydrogen-bond donors (Lipinski definition) is 0. The Balaban J connectivity index is 4.24. The number of nitrogens with zero attached hydrogens (tertiary/aromatic N) is 2. The van der Waals surface area contributed by atoms with Crippen LogP contribution in [-0.2, 0) is 9.53 Å². The molecule has 0 spiro atoms. The molecule has 0 N–H and O–H groups in total. The zero-order valence-corrected chi connectivity index (χ0v) is 10.4. The topological polar surface area (TPSA) is 41.9 Å². The van der Waals surface area contributed by atoms with Gasteiger partial charge in [0, 0.05) is 14.1 Å². The minimum Gasteiger partial charge on any atom is -0.469 e. The standard InChI is InChI=1S/C11H22N2O2/c1-9(2)6-10(7-11(14)15-5)12-8-13(3)4/h8-10H,6-7H2,1-5H3. The van der Waals surface area contributed by atoms with Crippen LogP contribution in [0.25, 0.3) is 0 Å². The highest BCUT2D eigenvalue weighted by molar-refractivity contribution is 5.70. The number of esters is 1. The molecule has 0 saturated heterocycles. The van der Waals surface area contributed by atoms with Crippen LogP contribution in [-0.4, -0.2) is 44.5 Å². The van der Waals surface area contributed by atoms with Crippen LogP contribution in [0.2, 0.25) is 0 Å². The normalized spacial score (nSPS) is 13.2. The number of ether oxygens (including phenoxy) is 1. The van der Waals surface area contributed by atoms with Gasteiger partial charge in [0.05, 0.1) is 25.9 Å². The molecule has 0 amide bonds. The van der Waals surface area contributed by atoms with Crippen molar-refractivity contribution in [1.29, 1.82) is 0 Å². The molecule has 0 heterocycles. The number of rotatable bonds is 6. The second kappa shape index (κ2) is 7.26. The van der Waals surface area contributed by atoms with Crippen molar-refractivity contribution in [2.45, 2.75) is 32.7 Å². The first-order valence-electron chi connectivity index (χ1n) is 5.22. The van der Waals surface area contributed by atoms with E-state index in [9.17, 15) is 4.79 Å². The highest BCUT2D eigenvalue weighted by Crippen LogP contribution is 2.12. The highest BCUT2D eigenvalue weighted by atomic mass is 16.5. The number of hydrogen-bond acceptors (Lipinski definition) is 3. The monoisotopic (exact) mass is 214 g/mol. The van der Waals surface area contributed by atoms with Crippen molar-refractivity contribution in [3.05, 3.63) is 0 Å². The minimum atomic E-state index is -0.198. The van der Waals surface area contributed by atoms with E-state index >= 15 is 0 Å². The van der Waals surface area contributed by atoms with Crippen LogP contribution in [0.5, 0.6) is 0 Å². The van der Waals surface area contributed by atoms with Crippen LogP contribution in [0.1, 0.15) is 26.7 Å². The average molecular weight is 214 g/mol. The first-order chi connectivity index (χ1) is 6.95. The van der Waals surface area contributed by atoms with Gasteiger partial charge in [-0.05, 0) is 12.3 Å². The summed E-state index contributed by atoms with van der Waals surface area (Å²) in [4.78, 5) is 17.4. The first-order valence-corrected chi connectivity index (χ1v) is 5.22. The van der Waals surface area contributed by atoms with Crippen molar-refractivity contribution in [1.82, 2.24) is 4.90 Å². The molecular weight excluding hydrogens is 192 g/mol. The third kappa shape index (κ3) is 7.97. The van der Waals surface area contributed by atoms with Gasteiger partial charge in [0.2, 0.25) is 0 Å². The summed E-state index contributed by atoms with van der Waals surface area (Å²) in [5.41, 5.74) is 0. The van der Waals surface area contributed by atoms with Gasteiger partial charge in [-0.15, -0.1) is 0 Å². The number of aliphatic imine (C=N–C) groups is 1. The fraction of sp³-hybridized carbons (Fsp3) is 0.818. The molecule has 0 saturated carbocycles. The summed E-state index contributed by atoms with van der Waals surface area (Å²) in [5.74, 6) is 0.329. The van der Waals surface area contributed by atoms with Gasteiger partial charge in [-0.3, -0.25) is 9.79 Å². The van der Waals surface area contributed by atoms with E-state index in [4.69, 9.17) is 0 Å². The molecule has 0 aliphatic heterocycles. The summed E-state index contributed by atoms with van der Waals surface area (Å²) >= 11 is 0. The van der Waals surface area contributed by atoms with E-state index in [0.717, 1.165) is 6.42 Å². The van der Waals surface area contributed by atoms with Crippen molar-refractivity contribution >= 4 is 12.3 Å². The molecule has 0 rings (SSSR count). The molecule has 15 heavy (non-hydrogen) atoms. The van der Waals surface area contributed by atoms with Gasteiger partial charge in [0.15, 0.2) is 0 Å². The second-order valence-electron chi connectivity index (χ2n) is 4.29. The molecule has 0 aromatic carbocycles. The van der Waals surface area contributed by atoms with Crippen LogP contribution in [0.4, 0.5) is 0 Å². The molecule has 0 fully saturated rings. The van der Waals surface area contributed by atoms with E-state index in [1.807, 2.05) is 19.0 Å². The maximum absolute atomic E-state index is 11.1. The van der Waals surface area contributed by atoms with E-state index < -0.39 is 0 Å². The molecular formula is C11H22N2O2. The Bertz CT molecular complexity index is 213. The number of methoxy groups -OCH3 is 1. The van der Waals surface area contributed by atoms with Gasteiger partial charge >= 0.3 is 5.97 Å². The lowest BCUT2D eigenvalue weighted by molar-refractivity contribution is -0.141. The van der Waals surface area contributed by atoms with Crippen molar-refractivity contribution in [2.24, 2.45) is 10.9 Å². The summed E-state index contributed by atoms with van der Waals surface area (Å²) in [5, 5.41) is 0. The van der Waals surface area contributed by atoms with Gasteiger partial charge in [-0.25, -0.2) is 0 Å². The maximum atomic E-state index is 11.1. The summed E-state index contributed by atoms with van der Waals surface area (Å²) in [7, 11) is 5.23. The van der Waals surface area contributed by atoms with E-state index in [0.29, 0.717) is 12.3 Å². The van der Waals surface area contributed by atoms with Gasteiger partial charge < -0.3 is 9.64 Å². The Morgan fingerprint density at radius 1 is 1.47 bits per heavy atom. The fourth-order valence-electron chi connectivity index (χ4n) is 1.24. The van der Waals surface area contributed by atoms with Crippen molar-refractivity contribution in [3.63, 3.8) is 0 Å². The Morgan fingerprint density at radius 2 is 2.07 bits per heavy atom. The van der Waals surface area contributed by atoms with E-state index in [1.165, 1.54) is 7.11 Å². The average Bonchev–Trinajstić information content (AvgIpc) is 2.13. The lowest BCUT2D eigenvalue weighted by atomic mass is 10.0. The van der Waals surface area contributed by atoms with Crippen LogP contribution in [0, 0.1) is 5.92 Å². The maximum Gasteiger partial charge on any atom is 0.307 e. The lowest BCUT2D eigenvalue weighted by Crippen LogP contribution is -2.18. The number of carbonyl (C=O) groups excluding carboxylic acids is 1. The van der Waals surface area contributed by atoms with Gasteiger partial charge in [-0.1, -0.05) is 13.8 Å². The Morgan fingerprint density at radius 3 is 2.47 bits per heavy atom.